The van der Waals surface area contributed by atoms with Gasteiger partial charge in [0, 0.05) is 18.0 Å². The Balaban J connectivity index is 2.23. The molecule has 0 unspecified atom stereocenters. The number of carbonyl (C=O) groups is 1. The second-order valence-electron chi connectivity index (χ2n) is 3.65. The van der Waals surface area contributed by atoms with Gasteiger partial charge in [-0.3, -0.25) is 9.78 Å². The van der Waals surface area contributed by atoms with E-state index < -0.39 is 0 Å². The van der Waals surface area contributed by atoms with Crippen LogP contribution in [0, 0.1) is 0 Å². The first-order valence-corrected chi connectivity index (χ1v) is 5.71. The number of esters is 1. The number of benzene rings is 1. The first-order chi connectivity index (χ1) is 8.70. The summed E-state index contributed by atoms with van der Waals surface area (Å²) in [6, 6.07) is 7.40. The van der Waals surface area contributed by atoms with E-state index in [0.717, 1.165) is 11.1 Å². The molecule has 2 rings (SSSR count). The van der Waals surface area contributed by atoms with Crippen LogP contribution in [0.25, 0.3) is 11.3 Å². The maximum atomic E-state index is 11.1. The number of halogens is 1. The van der Waals surface area contributed by atoms with E-state index in [9.17, 15) is 4.79 Å². The monoisotopic (exact) mass is 262 g/mol. The number of nitrogens with zero attached hydrogens (tertiary/aromatic N) is 2. The number of hydrogen-bond acceptors (Lipinski definition) is 4. The van der Waals surface area contributed by atoms with E-state index in [-0.39, 0.29) is 12.4 Å². The van der Waals surface area contributed by atoms with E-state index in [2.05, 4.69) is 14.7 Å². The van der Waals surface area contributed by atoms with E-state index in [1.54, 1.807) is 6.20 Å². The zero-order valence-electron chi connectivity index (χ0n) is 9.76. The van der Waals surface area contributed by atoms with Gasteiger partial charge in [0.25, 0.3) is 0 Å². The third-order valence-corrected chi connectivity index (χ3v) is 2.73. The minimum atomic E-state index is -0.264. The molecule has 1 aromatic carbocycles. The van der Waals surface area contributed by atoms with Crippen molar-refractivity contribution in [2.24, 2.45) is 0 Å². The molecule has 92 valence electrons. The molecule has 5 heteroatoms. The Kier molecular flexibility index (Phi) is 3.89. The molecular formula is C13H11ClN2O2. The van der Waals surface area contributed by atoms with Crippen molar-refractivity contribution >= 4 is 17.6 Å². The van der Waals surface area contributed by atoms with Crippen molar-refractivity contribution < 1.29 is 9.53 Å². The van der Waals surface area contributed by atoms with E-state index in [0.29, 0.717) is 10.8 Å². The predicted octanol–water partition coefficient (Wildman–Crippen LogP) is 2.51. The van der Waals surface area contributed by atoms with E-state index in [1.165, 1.54) is 13.3 Å². The van der Waals surface area contributed by atoms with Crippen molar-refractivity contribution in [2.45, 2.75) is 6.42 Å². The van der Waals surface area contributed by atoms with Crippen LogP contribution in [0.2, 0.25) is 5.15 Å². The van der Waals surface area contributed by atoms with Gasteiger partial charge in [-0.05, 0) is 5.56 Å². The zero-order chi connectivity index (χ0) is 13.0. The molecule has 0 amide bonds. The molecule has 0 atom stereocenters. The maximum absolute atomic E-state index is 11.1. The lowest BCUT2D eigenvalue weighted by atomic mass is 10.1. The van der Waals surface area contributed by atoms with Crippen LogP contribution in [-0.2, 0) is 16.0 Å². The van der Waals surface area contributed by atoms with Gasteiger partial charge in [0.1, 0.15) is 5.69 Å². The van der Waals surface area contributed by atoms with E-state index in [4.69, 9.17) is 11.6 Å². The van der Waals surface area contributed by atoms with Crippen LogP contribution < -0.4 is 0 Å². The first kappa shape index (κ1) is 12.5. The highest BCUT2D eigenvalue weighted by Crippen LogP contribution is 2.23. The SMILES string of the molecule is COC(=O)Cc1ccc(-c2nccnc2Cl)cc1. The highest BCUT2D eigenvalue weighted by molar-refractivity contribution is 6.31. The molecule has 0 saturated heterocycles. The van der Waals surface area contributed by atoms with E-state index in [1.807, 2.05) is 24.3 Å². The molecule has 0 spiro atoms. The fraction of sp³-hybridized carbons (Fsp3) is 0.154. The number of ether oxygens (including phenoxy) is 1. The Morgan fingerprint density at radius 2 is 1.89 bits per heavy atom. The molecule has 0 aliphatic heterocycles. The summed E-state index contributed by atoms with van der Waals surface area (Å²) >= 11 is 5.96. The van der Waals surface area contributed by atoms with Gasteiger partial charge in [-0.25, -0.2) is 4.98 Å². The number of hydrogen-bond donors (Lipinski definition) is 0. The molecular weight excluding hydrogens is 252 g/mol. The number of aromatic nitrogens is 2. The van der Waals surface area contributed by atoms with Gasteiger partial charge in [-0.15, -0.1) is 0 Å². The average molecular weight is 263 g/mol. The number of methoxy groups -OCH3 is 1. The molecule has 0 saturated carbocycles. The molecule has 0 fully saturated rings. The van der Waals surface area contributed by atoms with Gasteiger partial charge in [0.15, 0.2) is 5.15 Å². The fourth-order valence-corrected chi connectivity index (χ4v) is 1.75. The van der Waals surface area contributed by atoms with Gasteiger partial charge < -0.3 is 4.74 Å². The predicted molar refractivity (Wildman–Crippen MR) is 68.2 cm³/mol. The second kappa shape index (κ2) is 5.60. The molecule has 4 nitrogen and oxygen atoms in total. The summed E-state index contributed by atoms with van der Waals surface area (Å²) in [6.45, 7) is 0. The number of carbonyl (C=O) groups excluding carboxylic acids is 1. The van der Waals surface area contributed by atoms with Gasteiger partial charge >= 0.3 is 5.97 Å². The smallest absolute Gasteiger partial charge is 0.309 e. The first-order valence-electron chi connectivity index (χ1n) is 5.33. The van der Waals surface area contributed by atoms with Crippen molar-refractivity contribution in [3.63, 3.8) is 0 Å². The Morgan fingerprint density at radius 1 is 1.22 bits per heavy atom. The highest BCUT2D eigenvalue weighted by Gasteiger charge is 2.07. The van der Waals surface area contributed by atoms with Gasteiger partial charge in [-0.1, -0.05) is 35.9 Å². The van der Waals surface area contributed by atoms with E-state index >= 15 is 0 Å². The van der Waals surface area contributed by atoms with Crippen LogP contribution in [-0.4, -0.2) is 23.0 Å². The van der Waals surface area contributed by atoms with Crippen molar-refractivity contribution in [3.05, 3.63) is 47.4 Å². The average Bonchev–Trinajstić information content (AvgIpc) is 2.40. The Morgan fingerprint density at radius 3 is 2.50 bits per heavy atom. The lowest BCUT2D eigenvalue weighted by Gasteiger charge is -2.04. The summed E-state index contributed by atoms with van der Waals surface area (Å²) < 4.78 is 4.61. The molecule has 0 N–H and O–H groups in total. The van der Waals surface area contributed by atoms with Crippen LogP contribution in [0.15, 0.2) is 36.7 Å². The van der Waals surface area contributed by atoms with Crippen LogP contribution >= 0.6 is 11.6 Å². The van der Waals surface area contributed by atoms with Crippen molar-refractivity contribution in [1.29, 1.82) is 0 Å². The van der Waals surface area contributed by atoms with Crippen LogP contribution in [0.4, 0.5) is 0 Å². The molecule has 0 bridgehead atoms. The van der Waals surface area contributed by atoms with Crippen LogP contribution in [0.3, 0.4) is 0 Å². The molecule has 0 aliphatic rings. The Bertz CT molecular complexity index is 555. The summed E-state index contributed by atoms with van der Waals surface area (Å²) in [6.07, 6.45) is 3.38. The maximum Gasteiger partial charge on any atom is 0.309 e. The summed E-state index contributed by atoms with van der Waals surface area (Å²) in [5.41, 5.74) is 2.37. The zero-order valence-corrected chi connectivity index (χ0v) is 10.5. The highest BCUT2D eigenvalue weighted by atomic mass is 35.5. The summed E-state index contributed by atoms with van der Waals surface area (Å²) in [5, 5.41) is 0.359. The lowest BCUT2D eigenvalue weighted by Crippen LogP contribution is -2.04. The standard InChI is InChI=1S/C13H11ClN2O2/c1-18-11(17)8-9-2-4-10(5-3-9)12-13(14)16-7-6-15-12/h2-7H,8H2,1H3. The summed E-state index contributed by atoms with van der Waals surface area (Å²) in [5.74, 6) is -0.264. The van der Waals surface area contributed by atoms with Crippen molar-refractivity contribution in [1.82, 2.24) is 9.97 Å². The fourth-order valence-electron chi connectivity index (χ4n) is 1.53. The molecule has 18 heavy (non-hydrogen) atoms. The Labute approximate surface area is 110 Å². The van der Waals surface area contributed by atoms with Crippen molar-refractivity contribution in [3.8, 4) is 11.3 Å². The molecule has 0 aliphatic carbocycles. The van der Waals surface area contributed by atoms with Crippen molar-refractivity contribution in [2.75, 3.05) is 7.11 Å². The number of rotatable bonds is 3. The summed E-state index contributed by atoms with van der Waals surface area (Å²) in [4.78, 5) is 19.3. The van der Waals surface area contributed by atoms with Gasteiger partial charge in [0.2, 0.25) is 0 Å². The third kappa shape index (κ3) is 2.84. The second-order valence-corrected chi connectivity index (χ2v) is 4.00. The topological polar surface area (TPSA) is 52.1 Å². The van der Waals surface area contributed by atoms with Crippen LogP contribution in [0.1, 0.15) is 5.56 Å². The normalized spacial score (nSPS) is 10.1. The minimum Gasteiger partial charge on any atom is -0.469 e. The minimum absolute atomic E-state index is 0.255. The third-order valence-electron chi connectivity index (χ3n) is 2.46. The van der Waals surface area contributed by atoms with Gasteiger partial charge in [-0.2, -0.15) is 0 Å². The molecule has 1 heterocycles. The lowest BCUT2D eigenvalue weighted by molar-refractivity contribution is -0.139. The molecule has 1 aromatic heterocycles. The van der Waals surface area contributed by atoms with Gasteiger partial charge in [0.05, 0.1) is 13.5 Å². The molecule has 0 radical (unpaired) electrons. The Hall–Kier alpha value is -1.94. The van der Waals surface area contributed by atoms with Crippen LogP contribution in [0.5, 0.6) is 0 Å². The largest absolute Gasteiger partial charge is 0.469 e. The summed E-state index contributed by atoms with van der Waals surface area (Å²) in [7, 11) is 1.37. The quantitative estimate of drug-likeness (QED) is 0.798. The molecule has 2 aromatic rings.